The Hall–Kier alpha value is -2.22. The van der Waals surface area contributed by atoms with E-state index >= 15 is 0 Å². The van der Waals surface area contributed by atoms with Crippen molar-refractivity contribution in [1.82, 2.24) is 10.1 Å². The van der Waals surface area contributed by atoms with Crippen LogP contribution in [0.2, 0.25) is 0 Å². The minimum absolute atomic E-state index is 0.0652. The number of nitrogens with zero attached hydrogens (tertiary/aromatic N) is 3. The molecule has 1 saturated heterocycles. The summed E-state index contributed by atoms with van der Waals surface area (Å²) in [5, 5.41) is 4.54. The zero-order chi connectivity index (χ0) is 19.7. The summed E-state index contributed by atoms with van der Waals surface area (Å²) in [4.78, 5) is 15.8. The van der Waals surface area contributed by atoms with Crippen molar-refractivity contribution in [2.45, 2.75) is 32.1 Å². The van der Waals surface area contributed by atoms with Gasteiger partial charge in [0.25, 0.3) is 0 Å². The Bertz CT molecular complexity index is 840. The number of aromatic nitrogens is 1. The number of primary amides is 1. The molecule has 8 heteroatoms. The normalized spacial score (nSPS) is 24.0. The van der Waals surface area contributed by atoms with E-state index in [1.54, 1.807) is 0 Å². The SMILES string of the molecule is NC(=O)[C@H]1CC[C@H](CCN2CCN(c3noc4cc(F)c(F)cc34)CC2)CC1. The van der Waals surface area contributed by atoms with E-state index in [2.05, 4.69) is 15.0 Å². The third-order valence-corrected chi connectivity index (χ3v) is 6.27. The van der Waals surface area contributed by atoms with Gasteiger partial charge in [0, 0.05) is 38.2 Å². The summed E-state index contributed by atoms with van der Waals surface area (Å²) in [6, 6.07) is 2.20. The van der Waals surface area contributed by atoms with Crippen LogP contribution in [-0.4, -0.2) is 48.7 Å². The summed E-state index contributed by atoms with van der Waals surface area (Å²) in [6.45, 7) is 4.38. The van der Waals surface area contributed by atoms with Gasteiger partial charge in [0.15, 0.2) is 23.0 Å². The topological polar surface area (TPSA) is 75.6 Å². The number of piperazine rings is 1. The standard InChI is InChI=1S/C20H26F2N4O2/c21-16-11-15-18(12-17(16)22)28-24-20(15)26-9-7-25(8-10-26)6-5-13-1-3-14(4-2-13)19(23)27/h11-14H,1-10H2,(H2,23,27)/t13-,14-. The molecule has 1 aliphatic carbocycles. The van der Waals surface area contributed by atoms with Gasteiger partial charge in [0.1, 0.15) is 0 Å². The first-order valence-electron chi connectivity index (χ1n) is 10.0. The number of halogens is 2. The molecular weight excluding hydrogens is 366 g/mol. The monoisotopic (exact) mass is 392 g/mol. The first kappa shape index (κ1) is 19.1. The molecule has 28 heavy (non-hydrogen) atoms. The van der Waals surface area contributed by atoms with Gasteiger partial charge >= 0.3 is 0 Å². The largest absolute Gasteiger partial charge is 0.369 e. The van der Waals surface area contributed by atoms with Gasteiger partial charge in [-0.25, -0.2) is 8.78 Å². The number of carbonyl (C=O) groups excluding carboxylic acids is 1. The van der Waals surface area contributed by atoms with Gasteiger partial charge in [-0.15, -0.1) is 0 Å². The fourth-order valence-corrected chi connectivity index (χ4v) is 4.43. The molecule has 1 aromatic heterocycles. The van der Waals surface area contributed by atoms with Gasteiger partial charge in [-0.2, -0.15) is 0 Å². The van der Waals surface area contributed by atoms with Gasteiger partial charge in [-0.3, -0.25) is 9.69 Å². The molecule has 0 spiro atoms. The maximum atomic E-state index is 13.6. The molecule has 0 radical (unpaired) electrons. The van der Waals surface area contributed by atoms with Gasteiger partial charge in [0.05, 0.1) is 5.39 Å². The van der Waals surface area contributed by atoms with E-state index in [-0.39, 0.29) is 17.4 Å². The zero-order valence-corrected chi connectivity index (χ0v) is 15.9. The fraction of sp³-hybridized carbons (Fsp3) is 0.600. The van der Waals surface area contributed by atoms with Crippen molar-refractivity contribution in [3.05, 3.63) is 23.8 Å². The molecule has 152 valence electrons. The summed E-state index contributed by atoms with van der Waals surface area (Å²) >= 11 is 0. The summed E-state index contributed by atoms with van der Waals surface area (Å²) in [5.74, 6) is -0.649. The van der Waals surface area contributed by atoms with Crippen molar-refractivity contribution >= 4 is 22.7 Å². The lowest BCUT2D eigenvalue weighted by molar-refractivity contribution is -0.123. The molecule has 1 saturated carbocycles. The average molecular weight is 392 g/mol. The minimum Gasteiger partial charge on any atom is -0.369 e. The van der Waals surface area contributed by atoms with Crippen molar-refractivity contribution in [3.63, 3.8) is 0 Å². The highest BCUT2D eigenvalue weighted by Gasteiger charge is 2.26. The number of amides is 1. The molecule has 6 nitrogen and oxygen atoms in total. The van der Waals surface area contributed by atoms with E-state index in [1.165, 1.54) is 0 Å². The first-order chi connectivity index (χ1) is 13.5. The number of benzene rings is 1. The molecule has 0 bridgehead atoms. The molecule has 2 N–H and O–H groups in total. The van der Waals surface area contributed by atoms with Crippen molar-refractivity contribution in [2.24, 2.45) is 17.6 Å². The Morgan fingerprint density at radius 1 is 1.11 bits per heavy atom. The second-order valence-electron chi connectivity index (χ2n) is 8.01. The van der Waals surface area contributed by atoms with Gasteiger partial charge in [-0.05, 0) is 50.6 Å². The lowest BCUT2D eigenvalue weighted by atomic mass is 9.80. The predicted molar refractivity (Wildman–Crippen MR) is 102 cm³/mol. The number of carbonyl (C=O) groups is 1. The van der Waals surface area contributed by atoms with Gasteiger partial charge in [-0.1, -0.05) is 5.16 Å². The van der Waals surface area contributed by atoms with E-state index in [1.807, 2.05) is 0 Å². The molecular formula is C20H26F2N4O2. The molecule has 1 aliphatic heterocycles. The van der Waals surface area contributed by atoms with Crippen LogP contribution in [-0.2, 0) is 4.79 Å². The average Bonchev–Trinajstić information content (AvgIpc) is 3.10. The first-order valence-corrected chi connectivity index (χ1v) is 10.0. The number of hydrogen-bond donors (Lipinski definition) is 1. The Kier molecular flexibility index (Phi) is 5.48. The molecule has 2 aliphatic rings. The Morgan fingerprint density at radius 2 is 1.79 bits per heavy atom. The smallest absolute Gasteiger partial charge is 0.220 e. The third kappa shape index (κ3) is 3.97. The van der Waals surface area contributed by atoms with Crippen LogP contribution in [0.1, 0.15) is 32.1 Å². The van der Waals surface area contributed by atoms with E-state index in [0.29, 0.717) is 17.1 Å². The summed E-state index contributed by atoms with van der Waals surface area (Å²) in [5.41, 5.74) is 5.67. The second-order valence-corrected chi connectivity index (χ2v) is 8.01. The molecule has 4 rings (SSSR count). The summed E-state index contributed by atoms with van der Waals surface area (Å²) in [6.07, 6.45) is 5.15. The van der Waals surface area contributed by atoms with Crippen LogP contribution in [0.3, 0.4) is 0 Å². The molecule has 2 fully saturated rings. The highest BCUT2D eigenvalue weighted by molar-refractivity contribution is 5.88. The number of nitrogens with two attached hydrogens (primary N) is 1. The van der Waals surface area contributed by atoms with Crippen molar-refractivity contribution < 1.29 is 18.1 Å². The van der Waals surface area contributed by atoms with Gasteiger partial charge in [0.2, 0.25) is 5.91 Å². The van der Waals surface area contributed by atoms with E-state index in [4.69, 9.17) is 10.3 Å². The van der Waals surface area contributed by atoms with E-state index in [0.717, 1.165) is 77.0 Å². The molecule has 0 unspecified atom stereocenters. The molecule has 2 heterocycles. The molecule has 1 aromatic carbocycles. The van der Waals surface area contributed by atoms with Crippen LogP contribution in [0.15, 0.2) is 16.7 Å². The van der Waals surface area contributed by atoms with E-state index < -0.39 is 11.6 Å². The molecule has 0 atom stereocenters. The fourth-order valence-electron chi connectivity index (χ4n) is 4.43. The summed E-state index contributed by atoms with van der Waals surface area (Å²) in [7, 11) is 0. The Labute approximate surface area is 162 Å². The second kappa shape index (κ2) is 8.03. The number of fused-ring (bicyclic) bond motifs is 1. The predicted octanol–water partition coefficient (Wildman–Crippen LogP) is 2.91. The maximum absolute atomic E-state index is 13.6. The summed E-state index contributed by atoms with van der Waals surface area (Å²) < 4.78 is 32.1. The van der Waals surface area contributed by atoms with Crippen LogP contribution in [0.25, 0.3) is 11.0 Å². The van der Waals surface area contributed by atoms with Crippen LogP contribution in [0, 0.1) is 23.5 Å². The van der Waals surface area contributed by atoms with Crippen LogP contribution in [0.4, 0.5) is 14.6 Å². The number of rotatable bonds is 5. The maximum Gasteiger partial charge on any atom is 0.220 e. The number of anilines is 1. The third-order valence-electron chi connectivity index (χ3n) is 6.27. The lowest BCUT2D eigenvalue weighted by Gasteiger charge is -2.36. The van der Waals surface area contributed by atoms with Crippen molar-refractivity contribution in [1.29, 1.82) is 0 Å². The highest BCUT2D eigenvalue weighted by atomic mass is 19.2. The quantitative estimate of drug-likeness (QED) is 0.847. The molecule has 1 amide bonds. The van der Waals surface area contributed by atoms with Crippen LogP contribution < -0.4 is 10.6 Å². The van der Waals surface area contributed by atoms with Crippen LogP contribution >= 0.6 is 0 Å². The molecule has 2 aromatic rings. The van der Waals surface area contributed by atoms with Crippen molar-refractivity contribution in [3.8, 4) is 0 Å². The Morgan fingerprint density at radius 3 is 2.46 bits per heavy atom. The van der Waals surface area contributed by atoms with E-state index in [9.17, 15) is 13.6 Å². The van der Waals surface area contributed by atoms with Crippen LogP contribution in [0.5, 0.6) is 0 Å². The zero-order valence-electron chi connectivity index (χ0n) is 15.9. The Balaban J connectivity index is 1.27. The minimum atomic E-state index is -0.926. The van der Waals surface area contributed by atoms with Crippen molar-refractivity contribution in [2.75, 3.05) is 37.6 Å². The van der Waals surface area contributed by atoms with Gasteiger partial charge < -0.3 is 15.2 Å². The highest BCUT2D eigenvalue weighted by Crippen LogP contribution is 2.31. The number of hydrogen-bond acceptors (Lipinski definition) is 5. The lowest BCUT2D eigenvalue weighted by Crippen LogP contribution is -2.47.